The third kappa shape index (κ3) is 4.46. The number of primary amides is 1. The summed E-state index contributed by atoms with van der Waals surface area (Å²) in [7, 11) is 0. The van der Waals surface area contributed by atoms with Gasteiger partial charge in [-0.15, -0.1) is 0 Å². The van der Waals surface area contributed by atoms with Gasteiger partial charge in [0.2, 0.25) is 5.91 Å². The van der Waals surface area contributed by atoms with Crippen LogP contribution in [0.1, 0.15) is 17.5 Å². The number of amides is 3. The molecule has 0 atom stereocenters. The SMILES string of the molecule is NC(=O)NC(=O)CCN1CCN(Cc2ccc3c(c2)CCO3)CC1. The maximum Gasteiger partial charge on any atom is 0.318 e. The highest BCUT2D eigenvalue weighted by Gasteiger charge is 2.19. The Balaban J connectivity index is 1.40. The second kappa shape index (κ2) is 7.63. The lowest BCUT2D eigenvalue weighted by molar-refractivity contribution is -0.120. The Labute approximate surface area is 141 Å². The summed E-state index contributed by atoms with van der Waals surface area (Å²) in [4.78, 5) is 26.7. The zero-order chi connectivity index (χ0) is 16.9. The number of hydrogen-bond acceptors (Lipinski definition) is 5. The highest BCUT2D eigenvalue weighted by Crippen LogP contribution is 2.26. The molecule has 24 heavy (non-hydrogen) atoms. The monoisotopic (exact) mass is 332 g/mol. The van der Waals surface area contributed by atoms with E-state index < -0.39 is 6.03 Å². The molecule has 0 aromatic heterocycles. The molecule has 2 aliphatic rings. The Morgan fingerprint density at radius 2 is 1.92 bits per heavy atom. The number of ether oxygens (including phenoxy) is 1. The molecule has 0 aliphatic carbocycles. The fourth-order valence-corrected chi connectivity index (χ4v) is 3.23. The molecule has 0 bridgehead atoms. The number of carbonyl (C=O) groups excluding carboxylic acids is 2. The molecule has 3 N–H and O–H groups in total. The first-order chi connectivity index (χ1) is 11.6. The first kappa shape index (κ1) is 16.7. The van der Waals surface area contributed by atoms with Gasteiger partial charge in [0.25, 0.3) is 0 Å². The van der Waals surface area contributed by atoms with Gasteiger partial charge in [-0.25, -0.2) is 4.79 Å². The lowest BCUT2D eigenvalue weighted by atomic mass is 10.1. The van der Waals surface area contributed by atoms with Crippen molar-refractivity contribution in [3.05, 3.63) is 29.3 Å². The van der Waals surface area contributed by atoms with Crippen LogP contribution in [0.4, 0.5) is 4.79 Å². The normalized spacial score (nSPS) is 18.0. The second-order valence-corrected chi connectivity index (χ2v) is 6.32. The van der Waals surface area contributed by atoms with Crippen molar-refractivity contribution in [1.29, 1.82) is 0 Å². The van der Waals surface area contributed by atoms with Gasteiger partial charge in [-0.05, 0) is 17.2 Å². The summed E-state index contributed by atoms with van der Waals surface area (Å²) in [5, 5.41) is 2.10. The first-order valence-corrected chi connectivity index (χ1v) is 8.39. The van der Waals surface area contributed by atoms with Crippen LogP contribution in [0.15, 0.2) is 18.2 Å². The van der Waals surface area contributed by atoms with Gasteiger partial charge < -0.3 is 15.4 Å². The van der Waals surface area contributed by atoms with Gasteiger partial charge in [0.15, 0.2) is 0 Å². The highest BCUT2D eigenvalue weighted by atomic mass is 16.5. The Morgan fingerprint density at radius 1 is 1.17 bits per heavy atom. The number of fused-ring (bicyclic) bond motifs is 1. The molecular weight excluding hydrogens is 308 g/mol. The van der Waals surface area contributed by atoms with Crippen molar-refractivity contribution in [2.24, 2.45) is 5.73 Å². The highest BCUT2D eigenvalue weighted by molar-refractivity contribution is 5.93. The van der Waals surface area contributed by atoms with E-state index in [0.717, 1.165) is 51.5 Å². The van der Waals surface area contributed by atoms with Crippen LogP contribution in [-0.4, -0.2) is 61.1 Å². The summed E-state index contributed by atoms with van der Waals surface area (Å²) in [5.41, 5.74) is 7.57. The van der Waals surface area contributed by atoms with E-state index in [9.17, 15) is 9.59 Å². The molecule has 1 aromatic rings. The zero-order valence-corrected chi connectivity index (χ0v) is 13.8. The van der Waals surface area contributed by atoms with Crippen molar-refractivity contribution in [3.8, 4) is 5.75 Å². The van der Waals surface area contributed by atoms with Crippen LogP contribution >= 0.6 is 0 Å². The molecular formula is C17H24N4O3. The fourth-order valence-electron chi connectivity index (χ4n) is 3.23. The number of carbonyl (C=O) groups is 2. The molecule has 1 saturated heterocycles. The Morgan fingerprint density at radius 3 is 2.67 bits per heavy atom. The Bertz CT molecular complexity index is 612. The van der Waals surface area contributed by atoms with Gasteiger partial charge in [0.05, 0.1) is 6.61 Å². The van der Waals surface area contributed by atoms with E-state index in [0.29, 0.717) is 13.0 Å². The minimum Gasteiger partial charge on any atom is -0.493 e. The second-order valence-electron chi connectivity index (χ2n) is 6.32. The van der Waals surface area contributed by atoms with Gasteiger partial charge in [-0.1, -0.05) is 12.1 Å². The van der Waals surface area contributed by atoms with Gasteiger partial charge in [0.1, 0.15) is 5.75 Å². The van der Waals surface area contributed by atoms with Crippen LogP contribution < -0.4 is 15.8 Å². The molecule has 1 aromatic carbocycles. The molecule has 3 amide bonds. The quantitative estimate of drug-likeness (QED) is 0.811. The van der Waals surface area contributed by atoms with Crippen molar-refractivity contribution >= 4 is 11.9 Å². The average molecular weight is 332 g/mol. The summed E-state index contributed by atoms with van der Waals surface area (Å²) in [6.07, 6.45) is 1.30. The first-order valence-electron chi connectivity index (χ1n) is 8.39. The number of imide groups is 1. The average Bonchev–Trinajstić information content (AvgIpc) is 3.01. The molecule has 7 nitrogen and oxygen atoms in total. The molecule has 1 fully saturated rings. The van der Waals surface area contributed by atoms with Gasteiger partial charge in [-0.2, -0.15) is 0 Å². The molecule has 130 valence electrons. The summed E-state index contributed by atoms with van der Waals surface area (Å²) in [6, 6.07) is 5.68. The van der Waals surface area contributed by atoms with E-state index >= 15 is 0 Å². The number of nitrogens with zero attached hydrogens (tertiary/aromatic N) is 2. The molecule has 2 aliphatic heterocycles. The number of hydrogen-bond donors (Lipinski definition) is 2. The molecule has 0 saturated carbocycles. The minimum atomic E-state index is -0.787. The number of benzene rings is 1. The van der Waals surface area contributed by atoms with Gasteiger partial charge in [0, 0.05) is 52.1 Å². The number of urea groups is 1. The van der Waals surface area contributed by atoms with Crippen molar-refractivity contribution < 1.29 is 14.3 Å². The van der Waals surface area contributed by atoms with E-state index in [2.05, 4.69) is 33.3 Å². The van der Waals surface area contributed by atoms with Crippen molar-refractivity contribution in [1.82, 2.24) is 15.1 Å². The summed E-state index contributed by atoms with van der Waals surface area (Å²) in [5.74, 6) is 0.711. The molecule has 0 unspecified atom stereocenters. The van der Waals surface area contributed by atoms with Crippen molar-refractivity contribution in [2.45, 2.75) is 19.4 Å². The number of rotatable bonds is 5. The number of piperazine rings is 1. The van der Waals surface area contributed by atoms with Gasteiger partial charge >= 0.3 is 6.03 Å². The molecule has 0 radical (unpaired) electrons. The van der Waals surface area contributed by atoms with Crippen LogP contribution in [0.25, 0.3) is 0 Å². The topological polar surface area (TPSA) is 87.9 Å². The lowest BCUT2D eigenvalue weighted by Gasteiger charge is -2.34. The van der Waals surface area contributed by atoms with E-state index in [-0.39, 0.29) is 5.91 Å². The van der Waals surface area contributed by atoms with Crippen LogP contribution in [0.2, 0.25) is 0 Å². The third-order valence-corrected chi connectivity index (χ3v) is 4.54. The largest absolute Gasteiger partial charge is 0.493 e. The molecule has 3 rings (SSSR count). The van der Waals surface area contributed by atoms with E-state index in [1.807, 2.05) is 0 Å². The Kier molecular flexibility index (Phi) is 5.32. The Hall–Kier alpha value is -2.12. The fraction of sp³-hybridized carbons (Fsp3) is 0.529. The van der Waals surface area contributed by atoms with E-state index in [4.69, 9.17) is 10.5 Å². The zero-order valence-electron chi connectivity index (χ0n) is 13.8. The minimum absolute atomic E-state index is 0.299. The van der Waals surface area contributed by atoms with Crippen molar-refractivity contribution in [2.75, 3.05) is 39.3 Å². The third-order valence-electron chi connectivity index (χ3n) is 4.54. The number of nitrogens with two attached hydrogens (primary N) is 1. The maximum absolute atomic E-state index is 11.4. The standard InChI is InChI=1S/C17H24N4O3/c18-17(23)19-16(22)3-5-20-6-8-21(9-7-20)12-13-1-2-15-14(11-13)4-10-24-15/h1-2,11H,3-10,12H2,(H3,18,19,22,23). The van der Waals surface area contributed by atoms with E-state index in [1.165, 1.54) is 11.1 Å². The van der Waals surface area contributed by atoms with Crippen molar-refractivity contribution in [3.63, 3.8) is 0 Å². The van der Waals surface area contributed by atoms with Crippen LogP contribution in [0, 0.1) is 0 Å². The maximum atomic E-state index is 11.4. The van der Waals surface area contributed by atoms with E-state index in [1.54, 1.807) is 0 Å². The van der Waals surface area contributed by atoms with Crippen LogP contribution in [0.3, 0.4) is 0 Å². The molecule has 0 spiro atoms. The summed E-state index contributed by atoms with van der Waals surface area (Å²) < 4.78 is 5.55. The predicted octanol–water partition coefficient (Wildman–Crippen LogP) is 0.324. The molecule has 2 heterocycles. The van der Waals surface area contributed by atoms with Crippen LogP contribution in [0.5, 0.6) is 5.75 Å². The predicted molar refractivity (Wildman–Crippen MR) is 89.7 cm³/mol. The smallest absolute Gasteiger partial charge is 0.318 e. The number of nitrogens with one attached hydrogen (secondary N) is 1. The lowest BCUT2D eigenvalue weighted by Crippen LogP contribution is -2.47. The summed E-state index contributed by atoms with van der Waals surface area (Å²) in [6.45, 7) is 6.21. The molecule has 7 heteroatoms. The summed E-state index contributed by atoms with van der Waals surface area (Å²) >= 11 is 0. The van der Waals surface area contributed by atoms with Gasteiger partial charge in [-0.3, -0.25) is 15.0 Å². The van der Waals surface area contributed by atoms with Crippen LogP contribution in [-0.2, 0) is 17.8 Å².